The number of nitro groups is 1. The molecule has 0 bridgehead atoms. The highest BCUT2D eigenvalue weighted by atomic mass is 79.9. The van der Waals surface area contributed by atoms with Gasteiger partial charge in [0, 0.05) is 22.0 Å². The average Bonchev–Trinajstić information content (AvgIpc) is 2.78. The van der Waals surface area contributed by atoms with Crippen LogP contribution in [-0.2, 0) is 0 Å². The third-order valence-electron chi connectivity index (χ3n) is 2.16. The van der Waals surface area contributed by atoms with Crippen LogP contribution < -0.4 is 11.1 Å². The van der Waals surface area contributed by atoms with Crippen molar-refractivity contribution in [2.45, 2.75) is 0 Å². The van der Waals surface area contributed by atoms with Gasteiger partial charge in [-0.05, 0) is 22.0 Å². The summed E-state index contributed by atoms with van der Waals surface area (Å²) in [7, 11) is 0. The summed E-state index contributed by atoms with van der Waals surface area (Å²) in [4.78, 5) is 25.8. The number of carbonyl (C=O) groups is 1. The summed E-state index contributed by atoms with van der Waals surface area (Å²) in [5.74, 6) is -0.478. The number of amides is 1. The number of nitrogen functional groups attached to an aromatic ring is 1. The number of aromatic nitrogens is 1. The number of anilines is 2. The van der Waals surface area contributed by atoms with Crippen LogP contribution in [0.25, 0.3) is 0 Å². The second-order valence-corrected chi connectivity index (χ2v) is 5.19. The lowest BCUT2D eigenvalue weighted by molar-refractivity contribution is -0.384. The number of nitro benzene ring substituents is 1. The van der Waals surface area contributed by atoms with Gasteiger partial charge in [0.15, 0.2) is 5.13 Å². The van der Waals surface area contributed by atoms with Crippen LogP contribution in [0.3, 0.4) is 0 Å². The Bertz CT molecular complexity index is 658. The molecular weight excluding hydrogens is 336 g/mol. The standard InChI is InChI=1S/C10H7BrN4O3S/c11-6-2-1-5(15(17)18)3-7(6)13-9(16)8-4-19-10(12)14-8/h1-4H,(H2,12,14)(H,13,16). The summed E-state index contributed by atoms with van der Waals surface area (Å²) in [5.41, 5.74) is 5.78. The van der Waals surface area contributed by atoms with Crippen molar-refractivity contribution in [3.8, 4) is 0 Å². The van der Waals surface area contributed by atoms with E-state index in [2.05, 4.69) is 26.2 Å². The van der Waals surface area contributed by atoms with E-state index >= 15 is 0 Å². The molecule has 0 saturated carbocycles. The second-order valence-electron chi connectivity index (χ2n) is 3.45. The van der Waals surface area contributed by atoms with Crippen molar-refractivity contribution in [1.29, 1.82) is 0 Å². The van der Waals surface area contributed by atoms with Gasteiger partial charge in [-0.1, -0.05) is 0 Å². The highest BCUT2D eigenvalue weighted by Gasteiger charge is 2.14. The van der Waals surface area contributed by atoms with Crippen LogP contribution in [0.1, 0.15) is 10.5 Å². The highest BCUT2D eigenvalue weighted by Crippen LogP contribution is 2.27. The fourth-order valence-corrected chi connectivity index (χ4v) is 2.19. The van der Waals surface area contributed by atoms with Gasteiger partial charge in [0.05, 0.1) is 10.6 Å². The molecular formula is C10H7BrN4O3S. The lowest BCUT2D eigenvalue weighted by Gasteiger charge is -2.05. The van der Waals surface area contributed by atoms with Gasteiger partial charge in [-0.2, -0.15) is 0 Å². The summed E-state index contributed by atoms with van der Waals surface area (Å²) in [6, 6.07) is 4.08. The number of hydrogen-bond donors (Lipinski definition) is 2. The molecule has 1 aromatic heterocycles. The SMILES string of the molecule is Nc1nc(C(=O)Nc2cc([N+](=O)[O-])ccc2Br)cs1. The summed E-state index contributed by atoms with van der Waals surface area (Å²) in [6.45, 7) is 0. The normalized spacial score (nSPS) is 10.2. The van der Waals surface area contributed by atoms with Crippen LogP contribution in [0.15, 0.2) is 28.1 Å². The van der Waals surface area contributed by atoms with Crippen LogP contribution >= 0.6 is 27.3 Å². The highest BCUT2D eigenvalue weighted by molar-refractivity contribution is 9.10. The van der Waals surface area contributed by atoms with Crippen molar-refractivity contribution in [3.63, 3.8) is 0 Å². The Balaban J connectivity index is 2.25. The van der Waals surface area contributed by atoms with E-state index < -0.39 is 10.8 Å². The molecule has 0 unspecified atom stereocenters. The zero-order valence-electron chi connectivity index (χ0n) is 9.29. The first kappa shape index (κ1) is 13.4. The van der Waals surface area contributed by atoms with Crippen LogP contribution in [0, 0.1) is 10.1 Å². The van der Waals surface area contributed by atoms with Crippen LogP contribution in [-0.4, -0.2) is 15.8 Å². The number of nitrogens with one attached hydrogen (secondary N) is 1. The van der Waals surface area contributed by atoms with Crippen molar-refractivity contribution in [2.75, 3.05) is 11.1 Å². The molecule has 0 aliphatic carbocycles. The molecule has 98 valence electrons. The molecule has 7 nitrogen and oxygen atoms in total. The largest absolute Gasteiger partial charge is 0.375 e. The topological polar surface area (TPSA) is 111 Å². The summed E-state index contributed by atoms with van der Waals surface area (Å²) >= 11 is 4.35. The van der Waals surface area contributed by atoms with Gasteiger partial charge in [-0.3, -0.25) is 14.9 Å². The zero-order valence-corrected chi connectivity index (χ0v) is 11.7. The van der Waals surface area contributed by atoms with Gasteiger partial charge in [0.2, 0.25) is 0 Å². The monoisotopic (exact) mass is 342 g/mol. The first-order chi connectivity index (χ1) is 8.97. The van der Waals surface area contributed by atoms with Crippen molar-refractivity contribution in [2.24, 2.45) is 0 Å². The van der Waals surface area contributed by atoms with Gasteiger partial charge < -0.3 is 11.1 Å². The minimum atomic E-state index is -0.539. The fourth-order valence-electron chi connectivity index (χ4n) is 1.30. The number of nitrogens with zero attached hydrogens (tertiary/aromatic N) is 2. The number of nitrogens with two attached hydrogens (primary N) is 1. The third-order valence-corrected chi connectivity index (χ3v) is 3.53. The van der Waals surface area contributed by atoms with Crippen molar-refractivity contribution >= 4 is 49.7 Å². The molecule has 1 amide bonds. The summed E-state index contributed by atoms with van der Waals surface area (Å²) in [6.07, 6.45) is 0. The summed E-state index contributed by atoms with van der Waals surface area (Å²) in [5, 5.41) is 15.0. The Labute approximate surface area is 119 Å². The van der Waals surface area contributed by atoms with E-state index in [9.17, 15) is 14.9 Å². The van der Waals surface area contributed by atoms with Crippen molar-refractivity contribution in [3.05, 3.63) is 43.9 Å². The van der Waals surface area contributed by atoms with E-state index in [1.165, 1.54) is 23.6 Å². The third kappa shape index (κ3) is 3.06. The second kappa shape index (κ2) is 5.33. The summed E-state index contributed by atoms with van der Waals surface area (Å²) < 4.78 is 0.537. The van der Waals surface area contributed by atoms with E-state index in [-0.39, 0.29) is 16.5 Å². The Morgan fingerprint density at radius 1 is 1.53 bits per heavy atom. The van der Waals surface area contributed by atoms with E-state index in [1.807, 2.05) is 0 Å². The lowest BCUT2D eigenvalue weighted by atomic mass is 10.2. The van der Waals surface area contributed by atoms with Gasteiger partial charge in [-0.15, -0.1) is 11.3 Å². The number of carbonyl (C=O) groups excluding carboxylic acids is 1. The predicted octanol–water partition coefficient (Wildman–Crippen LogP) is 2.65. The maximum Gasteiger partial charge on any atom is 0.275 e. The van der Waals surface area contributed by atoms with Crippen LogP contribution in [0.5, 0.6) is 0 Å². The van der Waals surface area contributed by atoms with Crippen molar-refractivity contribution in [1.82, 2.24) is 4.98 Å². The predicted molar refractivity (Wildman–Crippen MR) is 75.3 cm³/mol. The number of benzene rings is 1. The van der Waals surface area contributed by atoms with E-state index in [4.69, 9.17) is 5.73 Å². The average molecular weight is 343 g/mol. The first-order valence-corrected chi connectivity index (χ1v) is 6.61. The Morgan fingerprint density at radius 3 is 2.84 bits per heavy atom. The molecule has 0 aliphatic rings. The minimum Gasteiger partial charge on any atom is -0.375 e. The molecule has 9 heteroatoms. The van der Waals surface area contributed by atoms with Crippen LogP contribution in [0.4, 0.5) is 16.5 Å². The molecule has 0 spiro atoms. The lowest BCUT2D eigenvalue weighted by Crippen LogP contribution is -2.13. The Hall–Kier alpha value is -2.00. The molecule has 19 heavy (non-hydrogen) atoms. The molecule has 3 N–H and O–H groups in total. The van der Waals surface area contributed by atoms with Gasteiger partial charge >= 0.3 is 0 Å². The first-order valence-electron chi connectivity index (χ1n) is 4.93. The number of non-ortho nitro benzene ring substituents is 1. The van der Waals surface area contributed by atoms with E-state index in [0.717, 1.165) is 11.3 Å². The minimum absolute atomic E-state index is 0.115. The molecule has 0 fully saturated rings. The van der Waals surface area contributed by atoms with E-state index in [0.29, 0.717) is 10.2 Å². The maximum absolute atomic E-state index is 11.8. The Kier molecular flexibility index (Phi) is 3.76. The van der Waals surface area contributed by atoms with Gasteiger partial charge in [0.25, 0.3) is 11.6 Å². The molecule has 0 aliphatic heterocycles. The van der Waals surface area contributed by atoms with Crippen molar-refractivity contribution < 1.29 is 9.72 Å². The van der Waals surface area contributed by atoms with Gasteiger partial charge in [0.1, 0.15) is 5.69 Å². The molecule has 0 saturated heterocycles. The van der Waals surface area contributed by atoms with Gasteiger partial charge in [-0.25, -0.2) is 4.98 Å². The van der Waals surface area contributed by atoms with E-state index in [1.54, 1.807) is 0 Å². The quantitative estimate of drug-likeness (QED) is 0.657. The molecule has 0 radical (unpaired) electrons. The molecule has 1 heterocycles. The number of thiazole rings is 1. The number of halogens is 1. The Morgan fingerprint density at radius 2 is 2.26 bits per heavy atom. The zero-order chi connectivity index (χ0) is 14.0. The molecule has 0 atom stereocenters. The smallest absolute Gasteiger partial charge is 0.275 e. The molecule has 2 rings (SSSR count). The molecule has 2 aromatic rings. The fraction of sp³-hybridized carbons (Fsp3) is 0. The maximum atomic E-state index is 11.8. The number of hydrogen-bond acceptors (Lipinski definition) is 6. The van der Waals surface area contributed by atoms with Crippen LogP contribution in [0.2, 0.25) is 0 Å². The molecule has 1 aromatic carbocycles. The number of rotatable bonds is 3.